The number of methoxy groups -OCH3 is 1. The standard InChI is InChI=1S/C17H28N2O2/c1-5-18-13(3)17-14(7-6-8-16(17)21-4)19-10-9-12(2)15(19)11-20/h6-8,12-13,15,18,20H,5,9-11H2,1-4H3. The molecule has 0 aromatic heterocycles. The number of hydrogen-bond donors (Lipinski definition) is 2. The molecule has 2 rings (SSSR count). The lowest BCUT2D eigenvalue weighted by atomic mass is 10.0. The Morgan fingerprint density at radius 2 is 2.24 bits per heavy atom. The summed E-state index contributed by atoms with van der Waals surface area (Å²) in [6, 6.07) is 6.61. The zero-order valence-corrected chi connectivity index (χ0v) is 13.6. The molecule has 4 heteroatoms. The first-order chi connectivity index (χ1) is 10.1. The Hall–Kier alpha value is -1.26. The van der Waals surface area contributed by atoms with Crippen molar-refractivity contribution >= 4 is 5.69 Å². The van der Waals surface area contributed by atoms with E-state index >= 15 is 0 Å². The zero-order valence-electron chi connectivity index (χ0n) is 13.6. The summed E-state index contributed by atoms with van der Waals surface area (Å²) in [4.78, 5) is 2.34. The molecule has 0 radical (unpaired) electrons. The molecular weight excluding hydrogens is 264 g/mol. The average Bonchev–Trinajstić information content (AvgIpc) is 2.87. The van der Waals surface area contributed by atoms with E-state index in [0.29, 0.717) is 5.92 Å². The Kier molecular flexibility index (Phi) is 5.48. The fourth-order valence-corrected chi connectivity index (χ4v) is 3.39. The number of aliphatic hydroxyl groups excluding tert-OH is 1. The maximum Gasteiger partial charge on any atom is 0.125 e. The summed E-state index contributed by atoms with van der Waals surface area (Å²) >= 11 is 0. The second-order valence-electron chi connectivity index (χ2n) is 5.88. The summed E-state index contributed by atoms with van der Waals surface area (Å²) in [6.45, 7) is 8.60. The zero-order chi connectivity index (χ0) is 15.4. The molecule has 0 amide bonds. The third-order valence-corrected chi connectivity index (χ3v) is 4.59. The number of aliphatic hydroxyl groups is 1. The molecule has 1 aromatic rings. The van der Waals surface area contributed by atoms with Crippen molar-refractivity contribution in [3.05, 3.63) is 23.8 Å². The van der Waals surface area contributed by atoms with Gasteiger partial charge < -0.3 is 20.1 Å². The van der Waals surface area contributed by atoms with Crippen LogP contribution in [0.1, 0.15) is 38.8 Å². The third kappa shape index (κ3) is 3.16. The van der Waals surface area contributed by atoms with Gasteiger partial charge in [-0.2, -0.15) is 0 Å². The van der Waals surface area contributed by atoms with Crippen LogP contribution >= 0.6 is 0 Å². The minimum atomic E-state index is 0.199. The molecule has 0 aliphatic carbocycles. The van der Waals surface area contributed by atoms with E-state index in [9.17, 15) is 5.11 Å². The van der Waals surface area contributed by atoms with Gasteiger partial charge in [0.2, 0.25) is 0 Å². The highest BCUT2D eigenvalue weighted by molar-refractivity contribution is 5.62. The number of nitrogens with zero attached hydrogens (tertiary/aromatic N) is 1. The molecule has 0 spiro atoms. The summed E-state index contributed by atoms with van der Waals surface area (Å²) < 4.78 is 5.58. The first-order valence-electron chi connectivity index (χ1n) is 7.91. The fraction of sp³-hybridized carbons (Fsp3) is 0.647. The molecule has 0 saturated carbocycles. The summed E-state index contributed by atoms with van der Waals surface area (Å²) in [7, 11) is 1.72. The third-order valence-electron chi connectivity index (χ3n) is 4.59. The Labute approximate surface area is 128 Å². The first kappa shape index (κ1) is 16.1. The van der Waals surface area contributed by atoms with Crippen LogP contribution in [0.2, 0.25) is 0 Å². The van der Waals surface area contributed by atoms with Crippen LogP contribution in [-0.2, 0) is 0 Å². The van der Waals surface area contributed by atoms with E-state index in [4.69, 9.17) is 4.74 Å². The molecule has 4 nitrogen and oxygen atoms in total. The predicted molar refractivity (Wildman–Crippen MR) is 87.1 cm³/mol. The quantitative estimate of drug-likeness (QED) is 0.846. The molecule has 118 valence electrons. The van der Waals surface area contributed by atoms with Crippen molar-refractivity contribution in [1.29, 1.82) is 0 Å². The molecule has 1 heterocycles. The van der Waals surface area contributed by atoms with Gasteiger partial charge in [-0.1, -0.05) is 19.9 Å². The second-order valence-corrected chi connectivity index (χ2v) is 5.88. The van der Waals surface area contributed by atoms with Crippen LogP contribution in [0.5, 0.6) is 5.75 Å². The highest BCUT2D eigenvalue weighted by atomic mass is 16.5. The summed E-state index contributed by atoms with van der Waals surface area (Å²) in [6.07, 6.45) is 1.12. The molecule has 0 bridgehead atoms. The van der Waals surface area contributed by atoms with Gasteiger partial charge in [0.1, 0.15) is 5.75 Å². The smallest absolute Gasteiger partial charge is 0.125 e. The van der Waals surface area contributed by atoms with E-state index < -0.39 is 0 Å². The monoisotopic (exact) mass is 292 g/mol. The van der Waals surface area contributed by atoms with Crippen molar-refractivity contribution < 1.29 is 9.84 Å². The maximum absolute atomic E-state index is 9.74. The van der Waals surface area contributed by atoms with Crippen LogP contribution in [0.15, 0.2) is 18.2 Å². The lowest BCUT2D eigenvalue weighted by molar-refractivity contribution is 0.244. The minimum absolute atomic E-state index is 0.199. The molecule has 21 heavy (non-hydrogen) atoms. The molecule has 2 N–H and O–H groups in total. The molecule has 1 fully saturated rings. The van der Waals surface area contributed by atoms with Gasteiger partial charge in [-0.15, -0.1) is 0 Å². The van der Waals surface area contributed by atoms with Gasteiger partial charge in [0.25, 0.3) is 0 Å². The van der Waals surface area contributed by atoms with Gasteiger partial charge in [0.15, 0.2) is 0 Å². The minimum Gasteiger partial charge on any atom is -0.496 e. The number of ether oxygens (including phenoxy) is 1. The molecule has 1 saturated heterocycles. The predicted octanol–water partition coefficient (Wildman–Crippen LogP) is 2.57. The van der Waals surface area contributed by atoms with Crippen LogP contribution in [0.3, 0.4) is 0 Å². The largest absolute Gasteiger partial charge is 0.496 e. The SMILES string of the molecule is CCNC(C)c1c(OC)cccc1N1CCC(C)C1CO. The van der Waals surface area contributed by atoms with E-state index in [0.717, 1.165) is 25.3 Å². The fourth-order valence-electron chi connectivity index (χ4n) is 3.39. The van der Waals surface area contributed by atoms with E-state index in [1.165, 1.54) is 11.3 Å². The Morgan fingerprint density at radius 3 is 2.86 bits per heavy atom. The Morgan fingerprint density at radius 1 is 1.48 bits per heavy atom. The van der Waals surface area contributed by atoms with Gasteiger partial charge in [-0.3, -0.25) is 0 Å². The van der Waals surface area contributed by atoms with E-state index in [-0.39, 0.29) is 18.7 Å². The van der Waals surface area contributed by atoms with Crippen molar-refractivity contribution in [1.82, 2.24) is 5.32 Å². The van der Waals surface area contributed by atoms with E-state index in [1.807, 2.05) is 12.1 Å². The van der Waals surface area contributed by atoms with Crippen LogP contribution in [0.25, 0.3) is 0 Å². The van der Waals surface area contributed by atoms with E-state index in [1.54, 1.807) is 7.11 Å². The van der Waals surface area contributed by atoms with Gasteiger partial charge in [-0.25, -0.2) is 0 Å². The topological polar surface area (TPSA) is 44.7 Å². The Balaban J connectivity index is 2.43. The summed E-state index contributed by atoms with van der Waals surface area (Å²) in [5.74, 6) is 1.43. The second kappa shape index (κ2) is 7.14. The number of benzene rings is 1. The van der Waals surface area contributed by atoms with Crippen molar-refractivity contribution in [2.75, 3.05) is 31.7 Å². The van der Waals surface area contributed by atoms with E-state index in [2.05, 4.69) is 37.1 Å². The number of anilines is 1. The van der Waals surface area contributed by atoms with Gasteiger partial charge in [0.05, 0.1) is 19.8 Å². The first-order valence-corrected chi connectivity index (χ1v) is 7.91. The number of nitrogens with one attached hydrogen (secondary N) is 1. The number of rotatable bonds is 6. The molecule has 3 atom stereocenters. The average molecular weight is 292 g/mol. The van der Waals surface area contributed by atoms with Gasteiger partial charge in [-0.05, 0) is 37.9 Å². The molecule has 1 aliphatic rings. The molecule has 1 aromatic carbocycles. The van der Waals surface area contributed by atoms with Crippen molar-refractivity contribution in [3.63, 3.8) is 0 Å². The Bertz CT molecular complexity index is 464. The maximum atomic E-state index is 9.74. The molecular formula is C17H28N2O2. The molecule has 3 unspecified atom stereocenters. The molecule has 1 aliphatic heterocycles. The highest BCUT2D eigenvalue weighted by Crippen LogP contribution is 2.38. The summed E-state index contributed by atoms with van der Waals surface area (Å²) in [5.41, 5.74) is 2.38. The normalized spacial score (nSPS) is 23.4. The van der Waals surface area contributed by atoms with Gasteiger partial charge >= 0.3 is 0 Å². The summed E-state index contributed by atoms with van der Waals surface area (Å²) in [5, 5.41) is 13.2. The highest BCUT2D eigenvalue weighted by Gasteiger charge is 2.33. The van der Waals surface area contributed by atoms with Crippen LogP contribution < -0.4 is 15.0 Å². The van der Waals surface area contributed by atoms with Crippen LogP contribution in [-0.4, -0.2) is 38.0 Å². The lowest BCUT2D eigenvalue weighted by Crippen LogP contribution is -2.36. The lowest BCUT2D eigenvalue weighted by Gasteiger charge is -2.31. The van der Waals surface area contributed by atoms with Gasteiger partial charge in [0, 0.05) is 23.8 Å². The van der Waals surface area contributed by atoms with Crippen LogP contribution in [0.4, 0.5) is 5.69 Å². The van der Waals surface area contributed by atoms with Crippen molar-refractivity contribution in [3.8, 4) is 5.75 Å². The van der Waals surface area contributed by atoms with Crippen molar-refractivity contribution in [2.45, 2.75) is 39.3 Å². The van der Waals surface area contributed by atoms with Crippen LogP contribution in [0, 0.1) is 5.92 Å². The number of hydrogen-bond acceptors (Lipinski definition) is 4. The van der Waals surface area contributed by atoms with Crippen molar-refractivity contribution in [2.24, 2.45) is 5.92 Å².